The van der Waals surface area contributed by atoms with E-state index in [-0.39, 0.29) is 11.7 Å². The van der Waals surface area contributed by atoms with Crippen molar-refractivity contribution in [1.82, 2.24) is 0 Å². The molecule has 1 amide bonds. The van der Waals surface area contributed by atoms with Gasteiger partial charge in [0.1, 0.15) is 5.82 Å². The van der Waals surface area contributed by atoms with Crippen molar-refractivity contribution in [2.75, 3.05) is 23.8 Å². The number of nitrogens with zero attached hydrogens (tertiary/aromatic N) is 1. The smallest absolute Gasteiger partial charge is 0.260 e. The van der Waals surface area contributed by atoms with Crippen LogP contribution in [0.1, 0.15) is 22.8 Å². The van der Waals surface area contributed by atoms with Gasteiger partial charge in [-0.2, -0.15) is 0 Å². The first-order chi connectivity index (χ1) is 10.0. The maximum Gasteiger partial charge on any atom is 0.260 e. The molecule has 0 heterocycles. The van der Waals surface area contributed by atoms with Crippen molar-refractivity contribution in [3.63, 3.8) is 0 Å². The van der Waals surface area contributed by atoms with Crippen LogP contribution >= 0.6 is 0 Å². The molecule has 1 N–H and O–H groups in total. The topological polar surface area (TPSA) is 32.3 Å². The minimum atomic E-state index is -0.358. The minimum absolute atomic E-state index is 0.170. The molecule has 3 nitrogen and oxygen atoms in total. The number of hydrogen-bond donors (Lipinski definition) is 1. The first-order valence-corrected chi connectivity index (χ1v) is 6.91. The molecule has 2 aromatic carbocycles. The van der Waals surface area contributed by atoms with E-state index in [2.05, 4.69) is 5.32 Å². The quantitative estimate of drug-likeness (QED) is 0.926. The maximum atomic E-state index is 13.3. The molecule has 110 valence electrons. The van der Waals surface area contributed by atoms with Gasteiger partial charge in [-0.05, 0) is 49.7 Å². The van der Waals surface area contributed by atoms with Crippen LogP contribution < -0.4 is 10.2 Å². The normalized spacial score (nSPS) is 10.3. The Morgan fingerprint density at radius 2 is 2.00 bits per heavy atom. The molecule has 2 rings (SSSR count). The Morgan fingerprint density at radius 1 is 1.24 bits per heavy atom. The second-order valence-electron chi connectivity index (χ2n) is 4.92. The van der Waals surface area contributed by atoms with Crippen LogP contribution in [0, 0.1) is 12.7 Å². The fourth-order valence-corrected chi connectivity index (χ4v) is 2.16. The zero-order chi connectivity index (χ0) is 15.4. The highest BCUT2D eigenvalue weighted by atomic mass is 19.1. The zero-order valence-electron chi connectivity index (χ0n) is 12.5. The van der Waals surface area contributed by atoms with Crippen LogP contribution in [0.3, 0.4) is 0 Å². The van der Waals surface area contributed by atoms with Gasteiger partial charge in [0.2, 0.25) is 0 Å². The number of hydrogen-bond acceptors (Lipinski definition) is 2. The second kappa shape index (κ2) is 6.39. The molecule has 0 aliphatic heterocycles. The van der Waals surface area contributed by atoms with Gasteiger partial charge in [-0.25, -0.2) is 4.39 Å². The Labute approximate surface area is 124 Å². The van der Waals surface area contributed by atoms with Crippen molar-refractivity contribution in [2.24, 2.45) is 0 Å². The molecule has 0 saturated carbocycles. The van der Waals surface area contributed by atoms with E-state index in [0.29, 0.717) is 11.3 Å². The third kappa shape index (κ3) is 3.40. The zero-order valence-corrected chi connectivity index (χ0v) is 12.5. The van der Waals surface area contributed by atoms with Crippen LogP contribution in [0.5, 0.6) is 0 Å². The van der Waals surface area contributed by atoms with Crippen LogP contribution in [0.2, 0.25) is 0 Å². The fraction of sp³-hybridized carbons (Fsp3) is 0.235. The van der Waals surface area contributed by atoms with Crippen molar-refractivity contribution in [3.05, 3.63) is 59.4 Å². The Hall–Kier alpha value is -2.36. The third-order valence-electron chi connectivity index (χ3n) is 3.27. The molecular formula is C17H19FN2O. The molecule has 0 aliphatic rings. The van der Waals surface area contributed by atoms with Crippen molar-refractivity contribution in [3.8, 4) is 0 Å². The third-order valence-corrected chi connectivity index (χ3v) is 3.27. The summed E-state index contributed by atoms with van der Waals surface area (Å²) in [5.74, 6) is -0.528. The highest BCUT2D eigenvalue weighted by Crippen LogP contribution is 2.22. The number of amides is 1. The number of benzene rings is 2. The lowest BCUT2D eigenvalue weighted by molar-refractivity contribution is 0.0994. The van der Waals surface area contributed by atoms with Crippen LogP contribution in [-0.4, -0.2) is 19.5 Å². The van der Waals surface area contributed by atoms with Gasteiger partial charge in [-0.3, -0.25) is 4.79 Å². The molecule has 0 aromatic heterocycles. The van der Waals surface area contributed by atoms with Gasteiger partial charge in [0.25, 0.3) is 5.91 Å². The highest BCUT2D eigenvalue weighted by molar-refractivity contribution is 6.09. The van der Waals surface area contributed by atoms with E-state index in [0.717, 1.165) is 17.8 Å². The predicted octanol–water partition coefficient (Wildman–Crippen LogP) is 3.84. The SMILES string of the molecule is CCNc1cc(C)ccc1C(=O)N(C)c1cccc(F)c1. The van der Waals surface area contributed by atoms with E-state index >= 15 is 0 Å². The first-order valence-electron chi connectivity index (χ1n) is 6.91. The van der Waals surface area contributed by atoms with Gasteiger partial charge in [0.05, 0.1) is 5.56 Å². The summed E-state index contributed by atoms with van der Waals surface area (Å²) in [5.41, 5.74) is 2.99. The van der Waals surface area contributed by atoms with Gasteiger partial charge < -0.3 is 10.2 Å². The lowest BCUT2D eigenvalue weighted by atomic mass is 10.1. The van der Waals surface area contributed by atoms with Crippen LogP contribution in [0.15, 0.2) is 42.5 Å². The molecule has 0 unspecified atom stereocenters. The van der Waals surface area contributed by atoms with E-state index in [4.69, 9.17) is 0 Å². The molecule has 21 heavy (non-hydrogen) atoms. The summed E-state index contributed by atoms with van der Waals surface area (Å²) in [6.07, 6.45) is 0. The van der Waals surface area contributed by atoms with Crippen molar-refractivity contribution in [2.45, 2.75) is 13.8 Å². The summed E-state index contributed by atoms with van der Waals surface area (Å²) in [6, 6.07) is 11.6. The molecule has 0 atom stereocenters. The molecule has 0 fully saturated rings. The molecule has 0 spiro atoms. The minimum Gasteiger partial charge on any atom is -0.385 e. The van der Waals surface area contributed by atoms with E-state index in [1.54, 1.807) is 25.2 Å². The van der Waals surface area contributed by atoms with Gasteiger partial charge in [0.15, 0.2) is 0 Å². The van der Waals surface area contributed by atoms with Gasteiger partial charge in [-0.1, -0.05) is 12.1 Å². The van der Waals surface area contributed by atoms with E-state index < -0.39 is 0 Å². The van der Waals surface area contributed by atoms with Gasteiger partial charge in [0, 0.05) is 25.0 Å². The van der Waals surface area contributed by atoms with Gasteiger partial charge in [-0.15, -0.1) is 0 Å². The number of rotatable bonds is 4. The van der Waals surface area contributed by atoms with Crippen LogP contribution in [0.4, 0.5) is 15.8 Å². The van der Waals surface area contributed by atoms with E-state index in [9.17, 15) is 9.18 Å². The standard InChI is InChI=1S/C17H19FN2O/c1-4-19-16-10-12(2)8-9-15(16)17(21)20(3)14-7-5-6-13(18)11-14/h5-11,19H,4H2,1-3H3. The molecular weight excluding hydrogens is 267 g/mol. The molecule has 0 bridgehead atoms. The molecule has 0 aliphatic carbocycles. The number of aryl methyl sites for hydroxylation is 1. The van der Waals surface area contributed by atoms with E-state index in [1.807, 2.05) is 26.0 Å². The number of carbonyl (C=O) groups excluding carboxylic acids is 1. The van der Waals surface area contributed by atoms with Crippen LogP contribution in [0.25, 0.3) is 0 Å². The van der Waals surface area contributed by atoms with Crippen molar-refractivity contribution >= 4 is 17.3 Å². The van der Waals surface area contributed by atoms with Gasteiger partial charge >= 0.3 is 0 Å². The summed E-state index contributed by atoms with van der Waals surface area (Å²) in [4.78, 5) is 14.1. The molecule has 0 radical (unpaired) electrons. The number of nitrogens with one attached hydrogen (secondary N) is 1. The Kier molecular flexibility index (Phi) is 4.58. The predicted molar refractivity (Wildman–Crippen MR) is 84.5 cm³/mol. The largest absolute Gasteiger partial charge is 0.385 e. The maximum absolute atomic E-state index is 13.3. The summed E-state index contributed by atoms with van der Waals surface area (Å²) in [7, 11) is 1.65. The Balaban J connectivity index is 2.35. The van der Waals surface area contributed by atoms with E-state index in [1.165, 1.54) is 17.0 Å². The summed E-state index contributed by atoms with van der Waals surface area (Å²) in [6.45, 7) is 4.69. The summed E-state index contributed by atoms with van der Waals surface area (Å²) in [5, 5.41) is 3.19. The average molecular weight is 286 g/mol. The molecule has 4 heteroatoms. The summed E-state index contributed by atoms with van der Waals surface area (Å²) >= 11 is 0. The Morgan fingerprint density at radius 3 is 2.67 bits per heavy atom. The highest BCUT2D eigenvalue weighted by Gasteiger charge is 2.17. The Bertz CT molecular complexity index is 655. The van der Waals surface area contributed by atoms with Crippen LogP contribution in [-0.2, 0) is 0 Å². The monoisotopic (exact) mass is 286 g/mol. The average Bonchev–Trinajstić information content (AvgIpc) is 2.46. The van der Waals surface area contributed by atoms with Crippen molar-refractivity contribution in [1.29, 1.82) is 0 Å². The second-order valence-corrected chi connectivity index (χ2v) is 4.92. The lowest BCUT2D eigenvalue weighted by Gasteiger charge is -2.20. The lowest BCUT2D eigenvalue weighted by Crippen LogP contribution is -2.27. The molecule has 2 aromatic rings. The molecule has 0 saturated heterocycles. The number of carbonyl (C=O) groups is 1. The number of anilines is 2. The fourth-order valence-electron chi connectivity index (χ4n) is 2.16. The summed E-state index contributed by atoms with van der Waals surface area (Å²) < 4.78 is 13.3. The number of halogens is 1. The van der Waals surface area contributed by atoms with Crippen molar-refractivity contribution < 1.29 is 9.18 Å². The first kappa shape index (κ1) is 15.0.